The molecule has 0 aliphatic carbocycles. The number of ether oxygens (including phenoxy) is 1. The van der Waals surface area contributed by atoms with Crippen LogP contribution in [0, 0.1) is 13.8 Å². The summed E-state index contributed by atoms with van der Waals surface area (Å²) in [6.07, 6.45) is 0. The van der Waals surface area contributed by atoms with Crippen LogP contribution in [0.2, 0.25) is 0 Å². The van der Waals surface area contributed by atoms with Crippen LogP contribution in [-0.2, 0) is 18.9 Å². The van der Waals surface area contributed by atoms with E-state index in [-0.39, 0.29) is 18.2 Å². The van der Waals surface area contributed by atoms with Gasteiger partial charge in [-0.15, -0.1) is 0 Å². The van der Waals surface area contributed by atoms with Crippen LogP contribution in [0.3, 0.4) is 0 Å². The number of benzene rings is 2. The summed E-state index contributed by atoms with van der Waals surface area (Å²) in [4.78, 5) is 29.0. The summed E-state index contributed by atoms with van der Waals surface area (Å²) >= 11 is 0. The van der Waals surface area contributed by atoms with Crippen molar-refractivity contribution >= 4 is 33.5 Å². The van der Waals surface area contributed by atoms with Crippen molar-refractivity contribution in [2.24, 2.45) is 14.1 Å². The van der Waals surface area contributed by atoms with E-state index in [1.54, 1.807) is 35.4 Å². The molecule has 4 rings (SSSR count). The number of carbonyl (C=O) groups excluding carboxylic acids is 1. The lowest BCUT2D eigenvalue weighted by Gasteiger charge is -2.11. The molecule has 0 spiro atoms. The van der Waals surface area contributed by atoms with E-state index in [2.05, 4.69) is 10.3 Å². The van der Waals surface area contributed by atoms with Gasteiger partial charge in [-0.25, -0.2) is 4.79 Å². The highest BCUT2D eigenvalue weighted by Gasteiger charge is 2.11. The van der Waals surface area contributed by atoms with Gasteiger partial charge in [0.1, 0.15) is 5.75 Å². The molecule has 2 aromatic carbocycles. The first-order valence-electron chi connectivity index (χ1n) is 9.29. The fourth-order valence-corrected chi connectivity index (χ4v) is 3.48. The molecule has 29 heavy (non-hydrogen) atoms. The van der Waals surface area contributed by atoms with E-state index in [0.717, 1.165) is 33.2 Å². The Hall–Kier alpha value is -3.61. The molecule has 0 saturated heterocycles. The van der Waals surface area contributed by atoms with Gasteiger partial charge in [0.2, 0.25) is 0 Å². The average molecular weight is 390 g/mol. The van der Waals surface area contributed by atoms with E-state index in [1.165, 1.54) is 0 Å². The van der Waals surface area contributed by atoms with Crippen LogP contribution in [-0.4, -0.2) is 26.6 Å². The number of carbonyl (C=O) groups is 1. The smallest absolute Gasteiger partial charge is 0.328 e. The van der Waals surface area contributed by atoms with Crippen LogP contribution in [0.4, 0.5) is 5.69 Å². The monoisotopic (exact) mass is 390 g/mol. The van der Waals surface area contributed by atoms with Crippen molar-refractivity contribution in [1.82, 2.24) is 14.1 Å². The fraction of sp³-hybridized carbons (Fsp3) is 0.227. The average Bonchev–Trinajstić information content (AvgIpc) is 2.90. The quantitative estimate of drug-likeness (QED) is 0.581. The minimum atomic E-state index is -0.277. The Bertz CT molecular complexity index is 1320. The topological polar surface area (TPSA) is 78.2 Å². The Kier molecular flexibility index (Phi) is 4.58. The number of aryl methyl sites for hydroxylation is 4. The minimum Gasteiger partial charge on any atom is -0.483 e. The van der Waals surface area contributed by atoms with Crippen LogP contribution < -0.4 is 15.7 Å². The second-order valence-corrected chi connectivity index (χ2v) is 7.22. The summed E-state index contributed by atoms with van der Waals surface area (Å²) in [5.74, 6) is 0.354. The van der Waals surface area contributed by atoms with Crippen molar-refractivity contribution < 1.29 is 9.53 Å². The predicted octanol–water partition coefficient (Wildman–Crippen LogP) is 3.06. The van der Waals surface area contributed by atoms with Crippen molar-refractivity contribution in [2.45, 2.75) is 13.8 Å². The summed E-state index contributed by atoms with van der Waals surface area (Å²) < 4.78 is 8.94. The fourth-order valence-electron chi connectivity index (χ4n) is 3.48. The molecule has 1 N–H and O–H groups in total. The Morgan fingerprint density at radius 2 is 1.79 bits per heavy atom. The zero-order valence-electron chi connectivity index (χ0n) is 16.8. The van der Waals surface area contributed by atoms with Crippen LogP contribution in [0.25, 0.3) is 21.9 Å². The van der Waals surface area contributed by atoms with Gasteiger partial charge in [-0.05, 0) is 44.2 Å². The number of hydrogen-bond donors (Lipinski definition) is 1. The molecule has 0 radical (unpaired) electrons. The molecule has 4 aromatic rings. The molecule has 7 nitrogen and oxygen atoms in total. The molecule has 0 aliphatic rings. The molecule has 2 heterocycles. The van der Waals surface area contributed by atoms with Crippen molar-refractivity contribution in [3.05, 3.63) is 64.2 Å². The van der Waals surface area contributed by atoms with Crippen molar-refractivity contribution in [2.75, 3.05) is 11.9 Å². The van der Waals surface area contributed by atoms with E-state index >= 15 is 0 Å². The van der Waals surface area contributed by atoms with Crippen LogP contribution in [0.5, 0.6) is 5.75 Å². The van der Waals surface area contributed by atoms with E-state index < -0.39 is 0 Å². The third-order valence-electron chi connectivity index (χ3n) is 4.97. The molecule has 148 valence electrons. The number of anilines is 1. The van der Waals surface area contributed by atoms with Gasteiger partial charge in [0.15, 0.2) is 6.61 Å². The van der Waals surface area contributed by atoms with Gasteiger partial charge in [-0.1, -0.05) is 11.6 Å². The van der Waals surface area contributed by atoms with Gasteiger partial charge in [0.25, 0.3) is 5.91 Å². The molecule has 0 bridgehead atoms. The van der Waals surface area contributed by atoms with Gasteiger partial charge < -0.3 is 10.1 Å². The van der Waals surface area contributed by atoms with Gasteiger partial charge >= 0.3 is 5.69 Å². The third kappa shape index (κ3) is 3.47. The normalized spacial score (nSPS) is 11.2. The third-order valence-corrected chi connectivity index (χ3v) is 4.97. The van der Waals surface area contributed by atoms with Crippen molar-refractivity contribution in [1.29, 1.82) is 0 Å². The molecule has 0 unspecified atom stereocenters. The molecule has 0 saturated carbocycles. The van der Waals surface area contributed by atoms with E-state index in [9.17, 15) is 9.59 Å². The lowest BCUT2D eigenvalue weighted by atomic mass is 10.1. The maximum Gasteiger partial charge on any atom is 0.328 e. The highest BCUT2D eigenvalue weighted by Crippen LogP contribution is 2.26. The predicted molar refractivity (Wildman–Crippen MR) is 114 cm³/mol. The highest BCUT2D eigenvalue weighted by molar-refractivity contribution is 5.94. The summed E-state index contributed by atoms with van der Waals surface area (Å²) in [7, 11) is 3.43. The van der Waals surface area contributed by atoms with Crippen LogP contribution >= 0.6 is 0 Å². The number of aromatic nitrogens is 3. The number of nitrogens with one attached hydrogen (secondary N) is 1. The first kappa shape index (κ1) is 18.7. The summed E-state index contributed by atoms with van der Waals surface area (Å²) in [5.41, 5.74) is 4.82. The number of nitrogens with zero attached hydrogens (tertiary/aromatic N) is 3. The van der Waals surface area contributed by atoms with Crippen LogP contribution in [0.1, 0.15) is 11.3 Å². The Labute approximate surface area is 167 Å². The lowest BCUT2D eigenvalue weighted by molar-refractivity contribution is -0.118. The minimum absolute atomic E-state index is 0.109. The summed E-state index contributed by atoms with van der Waals surface area (Å²) in [6.45, 7) is 3.77. The zero-order chi connectivity index (χ0) is 20.7. The number of fused-ring (bicyclic) bond motifs is 2. The second kappa shape index (κ2) is 7.09. The molecule has 2 aromatic heterocycles. The standard InChI is InChI=1S/C22H22N4O3/c1-13-5-7-17-16(9-13)20(10-14(2)23-17)29-12-21(27)24-15-6-8-18-19(11-15)26(4)22(28)25(18)3/h5-11H,12H2,1-4H3,(H,24,27). The van der Waals surface area contributed by atoms with Crippen LogP contribution in [0.15, 0.2) is 47.3 Å². The molecular weight excluding hydrogens is 368 g/mol. The Balaban J connectivity index is 1.53. The number of pyridine rings is 1. The number of imidazole rings is 1. The van der Waals surface area contributed by atoms with Gasteiger partial charge in [0, 0.05) is 36.9 Å². The van der Waals surface area contributed by atoms with Crippen molar-refractivity contribution in [3.63, 3.8) is 0 Å². The largest absolute Gasteiger partial charge is 0.483 e. The Morgan fingerprint density at radius 3 is 2.59 bits per heavy atom. The molecule has 0 aliphatic heterocycles. The Morgan fingerprint density at radius 1 is 1.03 bits per heavy atom. The van der Waals surface area contributed by atoms with Crippen molar-refractivity contribution in [3.8, 4) is 5.75 Å². The number of amides is 1. The lowest BCUT2D eigenvalue weighted by Crippen LogP contribution is -2.20. The summed E-state index contributed by atoms with van der Waals surface area (Å²) in [5, 5.41) is 3.71. The first-order valence-corrected chi connectivity index (χ1v) is 9.29. The van der Waals surface area contributed by atoms with E-state index in [0.29, 0.717) is 11.4 Å². The summed E-state index contributed by atoms with van der Waals surface area (Å²) in [6, 6.07) is 13.1. The molecular formula is C22H22N4O3. The maximum atomic E-state index is 12.4. The van der Waals surface area contributed by atoms with E-state index in [4.69, 9.17) is 4.74 Å². The second-order valence-electron chi connectivity index (χ2n) is 7.22. The number of hydrogen-bond acceptors (Lipinski definition) is 4. The zero-order valence-corrected chi connectivity index (χ0v) is 16.8. The van der Waals surface area contributed by atoms with Gasteiger partial charge in [0.05, 0.1) is 16.6 Å². The molecule has 0 atom stereocenters. The number of rotatable bonds is 4. The van der Waals surface area contributed by atoms with Gasteiger partial charge in [-0.2, -0.15) is 0 Å². The van der Waals surface area contributed by atoms with Gasteiger partial charge in [-0.3, -0.25) is 18.9 Å². The maximum absolute atomic E-state index is 12.4. The highest BCUT2D eigenvalue weighted by atomic mass is 16.5. The first-order chi connectivity index (χ1) is 13.8. The SMILES string of the molecule is Cc1ccc2nc(C)cc(OCC(=O)Nc3ccc4c(c3)n(C)c(=O)n4C)c2c1. The molecule has 7 heteroatoms. The molecule has 0 fully saturated rings. The molecule has 1 amide bonds. The van der Waals surface area contributed by atoms with E-state index in [1.807, 2.05) is 44.2 Å².